The number of rotatable bonds is 7. The second kappa shape index (κ2) is 6.11. The van der Waals surface area contributed by atoms with Gasteiger partial charge in [-0.05, 0) is 58.4 Å². The van der Waals surface area contributed by atoms with Gasteiger partial charge in [0.25, 0.3) is 0 Å². The SMILES string of the molecule is CCC(C)(C)N(C)CC1(CNC2CC2)CCOCC1. The topological polar surface area (TPSA) is 24.5 Å². The monoisotopic (exact) mass is 268 g/mol. The predicted octanol–water partition coefficient (Wildman–Crippen LogP) is 2.66. The van der Waals surface area contributed by atoms with E-state index in [1.165, 1.54) is 45.2 Å². The number of hydrogen-bond donors (Lipinski definition) is 1. The van der Waals surface area contributed by atoms with Gasteiger partial charge in [-0.1, -0.05) is 6.92 Å². The summed E-state index contributed by atoms with van der Waals surface area (Å²) >= 11 is 0. The second-order valence-electron chi connectivity index (χ2n) is 7.29. The first-order valence-electron chi connectivity index (χ1n) is 8.00. The van der Waals surface area contributed by atoms with Crippen molar-refractivity contribution in [2.45, 2.75) is 64.5 Å². The Bertz CT molecular complexity index is 280. The number of nitrogens with one attached hydrogen (secondary N) is 1. The molecule has 2 aliphatic rings. The third-order valence-corrected chi connectivity index (χ3v) is 5.37. The van der Waals surface area contributed by atoms with E-state index in [2.05, 4.69) is 38.0 Å². The molecule has 1 saturated carbocycles. The van der Waals surface area contributed by atoms with Gasteiger partial charge in [-0.3, -0.25) is 0 Å². The Morgan fingerprint density at radius 1 is 1.26 bits per heavy atom. The summed E-state index contributed by atoms with van der Waals surface area (Å²) in [5, 5.41) is 3.76. The summed E-state index contributed by atoms with van der Waals surface area (Å²) in [5.74, 6) is 0. The molecule has 2 fully saturated rings. The molecule has 0 amide bonds. The van der Waals surface area contributed by atoms with Crippen LogP contribution >= 0.6 is 0 Å². The standard InChI is InChI=1S/C16H32N2O/c1-5-15(2,3)18(4)13-16(8-10-19-11-9-16)12-17-14-6-7-14/h14,17H,5-13H2,1-4H3. The number of hydrogen-bond acceptors (Lipinski definition) is 3. The maximum atomic E-state index is 5.59. The third-order valence-electron chi connectivity index (χ3n) is 5.37. The van der Waals surface area contributed by atoms with E-state index in [-0.39, 0.29) is 0 Å². The van der Waals surface area contributed by atoms with Gasteiger partial charge in [-0.25, -0.2) is 0 Å². The highest BCUT2D eigenvalue weighted by Crippen LogP contribution is 2.34. The van der Waals surface area contributed by atoms with Crippen LogP contribution in [0.15, 0.2) is 0 Å². The van der Waals surface area contributed by atoms with Crippen LogP contribution in [-0.4, -0.2) is 49.8 Å². The molecule has 0 aromatic carbocycles. The third kappa shape index (κ3) is 4.17. The highest BCUT2D eigenvalue weighted by atomic mass is 16.5. The molecule has 19 heavy (non-hydrogen) atoms. The Morgan fingerprint density at radius 2 is 1.89 bits per heavy atom. The second-order valence-corrected chi connectivity index (χ2v) is 7.29. The van der Waals surface area contributed by atoms with E-state index in [9.17, 15) is 0 Å². The normalized spacial score (nSPS) is 23.8. The number of ether oxygens (including phenoxy) is 1. The fourth-order valence-corrected chi connectivity index (χ4v) is 2.83. The van der Waals surface area contributed by atoms with Gasteiger partial charge in [0.2, 0.25) is 0 Å². The molecule has 0 aromatic rings. The van der Waals surface area contributed by atoms with Gasteiger partial charge in [0, 0.05) is 37.9 Å². The van der Waals surface area contributed by atoms with Crippen LogP contribution in [0, 0.1) is 5.41 Å². The Labute approximate surface area is 119 Å². The first-order valence-corrected chi connectivity index (χ1v) is 8.00. The van der Waals surface area contributed by atoms with Crippen LogP contribution in [0.4, 0.5) is 0 Å². The number of nitrogens with zero attached hydrogens (tertiary/aromatic N) is 1. The molecule has 2 rings (SSSR count). The maximum Gasteiger partial charge on any atom is 0.0472 e. The van der Waals surface area contributed by atoms with E-state index in [1.807, 2.05) is 0 Å². The zero-order valence-corrected chi connectivity index (χ0v) is 13.3. The van der Waals surface area contributed by atoms with Crippen LogP contribution in [0.2, 0.25) is 0 Å². The zero-order valence-electron chi connectivity index (χ0n) is 13.3. The van der Waals surface area contributed by atoms with Crippen molar-refractivity contribution in [2.24, 2.45) is 5.41 Å². The lowest BCUT2D eigenvalue weighted by atomic mass is 9.78. The molecular weight excluding hydrogens is 236 g/mol. The zero-order chi connectivity index (χ0) is 13.9. The first-order chi connectivity index (χ1) is 8.97. The quantitative estimate of drug-likeness (QED) is 0.768. The molecule has 1 aliphatic carbocycles. The Kier molecular flexibility index (Phi) is 4.91. The Morgan fingerprint density at radius 3 is 2.42 bits per heavy atom. The minimum atomic E-state index is 0.297. The molecule has 0 aromatic heterocycles. The summed E-state index contributed by atoms with van der Waals surface area (Å²) in [6.45, 7) is 11.2. The molecular formula is C16H32N2O. The van der Waals surface area contributed by atoms with Crippen LogP contribution in [0.3, 0.4) is 0 Å². The van der Waals surface area contributed by atoms with Crippen LogP contribution in [0.5, 0.6) is 0 Å². The van der Waals surface area contributed by atoms with E-state index in [4.69, 9.17) is 4.74 Å². The van der Waals surface area contributed by atoms with Crippen molar-refractivity contribution in [3.05, 3.63) is 0 Å². The molecule has 0 unspecified atom stereocenters. The van der Waals surface area contributed by atoms with Crippen LogP contribution < -0.4 is 5.32 Å². The molecule has 1 N–H and O–H groups in total. The van der Waals surface area contributed by atoms with Gasteiger partial charge in [-0.2, -0.15) is 0 Å². The summed E-state index contributed by atoms with van der Waals surface area (Å²) in [6, 6.07) is 0.809. The van der Waals surface area contributed by atoms with Crippen LogP contribution in [0.25, 0.3) is 0 Å². The average Bonchev–Trinajstić information content (AvgIpc) is 3.21. The van der Waals surface area contributed by atoms with E-state index < -0.39 is 0 Å². The van der Waals surface area contributed by atoms with Crippen molar-refractivity contribution >= 4 is 0 Å². The van der Waals surface area contributed by atoms with Crippen molar-refractivity contribution in [1.82, 2.24) is 10.2 Å². The van der Waals surface area contributed by atoms with Gasteiger partial charge >= 0.3 is 0 Å². The molecule has 0 radical (unpaired) electrons. The van der Waals surface area contributed by atoms with E-state index >= 15 is 0 Å². The minimum absolute atomic E-state index is 0.297. The fraction of sp³-hybridized carbons (Fsp3) is 1.00. The molecule has 3 heteroatoms. The molecule has 112 valence electrons. The van der Waals surface area contributed by atoms with Gasteiger partial charge in [0.1, 0.15) is 0 Å². The highest BCUT2D eigenvalue weighted by molar-refractivity contribution is 4.92. The Balaban J connectivity index is 1.95. The lowest BCUT2D eigenvalue weighted by molar-refractivity contribution is -0.0171. The van der Waals surface area contributed by atoms with Crippen LogP contribution in [-0.2, 0) is 4.74 Å². The van der Waals surface area contributed by atoms with Crippen molar-refractivity contribution in [3.63, 3.8) is 0 Å². The van der Waals surface area contributed by atoms with Gasteiger partial charge < -0.3 is 15.0 Å². The van der Waals surface area contributed by atoms with Crippen molar-refractivity contribution < 1.29 is 4.74 Å². The fourth-order valence-electron chi connectivity index (χ4n) is 2.83. The van der Waals surface area contributed by atoms with E-state index in [1.54, 1.807) is 0 Å². The molecule has 0 atom stereocenters. The highest BCUT2D eigenvalue weighted by Gasteiger charge is 2.37. The lowest BCUT2D eigenvalue weighted by Crippen LogP contribution is -2.52. The molecule has 0 bridgehead atoms. The summed E-state index contributed by atoms with van der Waals surface area (Å²) in [4.78, 5) is 2.56. The van der Waals surface area contributed by atoms with Crippen molar-refractivity contribution in [2.75, 3.05) is 33.4 Å². The molecule has 1 saturated heterocycles. The smallest absolute Gasteiger partial charge is 0.0472 e. The van der Waals surface area contributed by atoms with Gasteiger partial charge in [-0.15, -0.1) is 0 Å². The summed E-state index contributed by atoms with van der Waals surface area (Å²) in [5.41, 5.74) is 0.715. The first kappa shape index (κ1) is 15.3. The predicted molar refractivity (Wildman–Crippen MR) is 80.5 cm³/mol. The lowest BCUT2D eigenvalue weighted by Gasteiger charge is -2.45. The maximum absolute atomic E-state index is 5.59. The Hall–Kier alpha value is -0.120. The molecule has 3 nitrogen and oxygen atoms in total. The van der Waals surface area contributed by atoms with E-state index in [0.717, 1.165) is 19.3 Å². The molecule has 1 heterocycles. The van der Waals surface area contributed by atoms with Crippen molar-refractivity contribution in [1.29, 1.82) is 0 Å². The molecule has 0 spiro atoms. The van der Waals surface area contributed by atoms with Gasteiger partial charge in [0.05, 0.1) is 0 Å². The van der Waals surface area contributed by atoms with Crippen molar-refractivity contribution in [3.8, 4) is 0 Å². The largest absolute Gasteiger partial charge is 0.381 e. The minimum Gasteiger partial charge on any atom is -0.381 e. The average molecular weight is 268 g/mol. The summed E-state index contributed by atoms with van der Waals surface area (Å²) in [6.07, 6.45) is 6.37. The van der Waals surface area contributed by atoms with E-state index in [0.29, 0.717) is 11.0 Å². The molecule has 1 aliphatic heterocycles. The van der Waals surface area contributed by atoms with Crippen LogP contribution in [0.1, 0.15) is 52.9 Å². The summed E-state index contributed by atoms with van der Waals surface area (Å²) < 4.78 is 5.59. The van der Waals surface area contributed by atoms with Gasteiger partial charge in [0.15, 0.2) is 0 Å². The summed E-state index contributed by atoms with van der Waals surface area (Å²) in [7, 11) is 2.29.